The zero-order valence-electron chi connectivity index (χ0n) is 43.4. The van der Waals surface area contributed by atoms with Crippen molar-refractivity contribution in [1.82, 2.24) is 31.2 Å². The molecule has 2 aliphatic heterocycles. The molecule has 0 saturated heterocycles. The molecular weight excluding hydrogens is 987 g/mol. The van der Waals surface area contributed by atoms with E-state index in [2.05, 4.69) is 70.9 Å². The number of carboxylic acid groups (broad SMARTS) is 1. The molecule has 0 radical (unpaired) electrons. The lowest BCUT2D eigenvalue weighted by atomic mass is 9.67. The van der Waals surface area contributed by atoms with Gasteiger partial charge in [0.05, 0.1) is 6.61 Å². The molecule has 406 valence electrons. The van der Waals surface area contributed by atoms with Gasteiger partial charge in [0.2, 0.25) is 0 Å². The quantitative estimate of drug-likeness (QED) is 0.0290. The van der Waals surface area contributed by atoms with Crippen LogP contribution in [0.15, 0.2) is 144 Å². The number of ether oxygens (including phenoxy) is 1. The summed E-state index contributed by atoms with van der Waals surface area (Å²) in [5.41, 5.74) is 21.6. The number of rotatable bonds is 16. The van der Waals surface area contributed by atoms with Gasteiger partial charge in [0.1, 0.15) is 29.4 Å². The monoisotopic (exact) mass is 1050 g/mol. The van der Waals surface area contributed by atoms with E-state index in [-0.39, 0.29) is 74.6 Å². The van der Waals surface area contributed by atoms with Crippen molar-refractivity contribution in [2.24, 2.45) is 22.1 Å². The van der Waals surface area contributed by atoms with Crippen molar-refractivity contribution in [2.45, 2.75) is 64.8 Å². The summed E-state index contributed by atoms with van der Waals surface area (Å²) >= 11 is 0. The SMILES string of the molecule is C=C/C(=C\C)C(CC)CCN=[N+]=[N-].CC1C([O-])C(c2ccc(N(CCN=[N+]=[N-])CCOCC(=O)O)cc2)C1[O-].O=C1NCC=CC=CCNC(=O)c2cccc(n2)C(=O)NCc2ccc(cc2)CNC(=O)c2cccc1n2. The van der Waals surface area contributed by atoms with Crippen LogP contribution in [0.3, 0.4) is 0 Å². The Morgan fingerprint density at radius 2 is 1.26 bits per heavy atom. The molecule has 1 fully saturated rings. The zero-order valence-corrected chi connectivity index (χ0v) is 43.4. The molecule has 3 atom stereocenters. The van der Waals surface area contributed by atoms with Gasteiger partial charge in [-0.1, -0.05) is 122 Å². The van der Waals surface area contributed by atoms with Crippen LogP contribution in [0, 0.1) is 11.8 Å². The molecule has 0 spiro atoms. The van der Waals surface area contributed by atoms with Gasteiger partial charge in [-0.05, 0) is 101 Å². The van der Waals surface area contributed by atoms with Crippen LogP contribution >= 0.6 is 0 Å². The van der Waals surface area contributed by atoms with E-state index in [1.807, 2.05) is 54.3 Å². The molecule has 22 nitrogen and oxygen atoms in total. The number of carbonyl (C=O) groups is 5. The third-order valence-electron chi connectivity index (χ3n) is 12.3. The van der Waals surface area contributed by atoms with E-state index in [9.17, 15) is 34.2 Å². The Balaban J connectivity index is 0.000000283. The molecule has 3 unspecified atom stereocenters. The molecule has 5 N–H and O–H groups in total. The first kappa shape index (κ1) is 60.9. The van der Waals surface area contributed by atoms with E-state index in [0.717, 1.165) is 35.2 Å². The van der Waals surface area contributed by atoms with Crippen LogP contribution in [0.4, 0.5) is 5.69 Å². The molecule has 1 aliphatic carbocycles. The molecule has 3 aliphatic rings. The van der Waals surface area contributed by atoms with Crippen LogP contribution in [-0.2, 0) is 22.6 Å². The summed E-state index contributed by atoms with van der Waals surface area (Å²) < 4.78 is 5.05. The summed E-state index contributed by atoms with van der Waals surface area (Å²) in [6, 6.07) is 23.9. The molecule has 77 heavy (non-hydrogen) atoms. The molecule has 2 aromatic heterocycles. The fourth-order valence-corrected chi connectivity index (χ4v) is 7.94. The lowest BCUT2D eigenvalue weighted by Crippen LogP contribution is -2.64. The topological polar surface area (TPSA) is 336 Å². The number of amides is 4. The largest absolute Gasteiger partial charge is 0.851 e. The van der Waals surface area contributed by atoms with Crippen LogP contribution in [-0.4, -0.2) is 109 Å². The summed E-state index contributed by atoms with van der Waals surface area (Å²) in [6.45, 7) is 12.1. The number of fused-ring (bicyclic) bond motifs is 13. The standard InChI is InChI=1S/C28H26N6O4.C17H22N4O5.C10H17N3/c35-25-21-7-5-9-23(33-21)27(37)31-17-19-11-13-20(14-12-19)18-32-28(38)24-10-6-8-22(34-24)26(36)30-16-4-2-1-3-15-29-25;1-11-16(24)15(17(11)25)12-2-4-13(5-3-12)21(7-6-19-20-18)8-9-26-10-14(22)23;1-4-9(5-2)10(6-3)7-8-12-13-11/h1-14H,15-18H2,(H,29,35)(H,30,36)(H,31,37)(H,32,38);2-5,11,15-17H,6-10H2,1H3,(H,22,23);4-5,10H,1,6-8H2,2-3H3/q;-2;/b;;9-5+. The average molecular weight is 1050 g/mol. The van der Waals surface area contributed by atoms with Crippen molar-refractivity contribution in [1.29, 1.82) is 0 Å². The predicted octanol–water partition coefficient (Wildman–Crippen LogP) is 5.86. The molecule has 22 heteroatoms. The van der Waals surface area contributed by atoms with E-state index in [4.69, 9.17) is 20.9 Å². The first-order valence-electron chi connectivity index (χ1n) is 25.0. The fraction of sp³-hybridized carbons (Fsp3) is 0.364. The smallest absolute Gasteiger partial charge is 0.329 e. The average Bonchev–Trinajstić information content (AvgIpc) is 3.46. The number of aromatic nitrogens is 2. The van der Waals surface area contributed by atoms with E-state index in [0.29, 0.717) is 25.6 Å². The maximum atomic E-state index is 12.6. The Hall–Kier alpha value is -8.65. The maximum absolute atomic E-state index is 12.6. The highest BCUT2D eigenvalue weighted by Gasteiger charge is 2.34. The summed E-state index contributed by atoms with van der Waals surface area (Å²) in [6.07, 6.45) is 11.1. The molecular formula is C55H65N13O9-2. The summed E-state index contributed by atoms with van der Waals surface area (Å²) in [5.74, 6) is -3.02. The summed E-state index contributed by atoms with van der Waals surface area (Å²) in [5, 5.41) is 50.6. The second-order valence-corrected chi connectivity index (χ2v) is 17.4. The number of hydrogen-bond acceptors (Lipinski definition) is 13. The number of carbonyl (C=O) groups excluding carboxylic acids is 4. The third-order valence-corrected chi connectivity index (χ3v) is 12.3. The Morgan fingerprint density at radius 3 is 1.70 bits per heavy atom. The number of aliphatic carboxylic acids is 1. The Morgan fingerprint density at radius 1 is 0.779 bits per heavy atom. The van der Waals surface area contributed by atoms with Gasteiger partial charge in [0.25, 0.3) is 23.6 Å². The number of benzene rings is 2. The van der Waals surface area contributed by atoms with Crippen LogP contribution in [0.5, 0.6) is 0 Å². The lowest BCUT2D eigenvalue weighted by Gasteiger charge is -2.60. The summed E-state index contributed by atoms with van der Waals surface area (Å²) in [4.78, 5) is 76.2. The van der Waals surface area contributed by atoms with Gasteiger partial charge in [-0.2, -0.15) is 0 Å². The predicted molar refractivity (Wildman–Crippen MR) is 287 cm³/mol. The Kier molecular flexibility index (Phi) is 26.3. The van der Waals surface area contributed by atoms with Crippen molar-refractivity contribution in [3.8, 4) is 0 Å². The molecule has 1 saturated carbocycles. The third kappa shape index (κ3) is 20.2. The van der Waals surface area contributed by atoms with Gasteiger partial charge < -0.3 is 46.2 Å². The van der Waals surface area contributed by atoms with E-state index in [1.165, 1.54) is 17.7 Å². The highest BCUT2D eigenvalue weighted by Crippen LogP contribution is 2.39. The summed E-state index contributed by atoms with van der Waals surface area (Å²) in [7, 11) is 0. The second-order valence-electron chi connectivity index (χ2n) is 17.4. The van der Waals surface area contributed by atoms with Crippen LogP contribution < -0.4 is 36.4 Å². The van der Waals surface area contributed by atoms with Gasteiger partial charge in [-0.25, -0.2) is 14.8 Å². The van der Waals surface area contributed by atoms with Gasteiger partial charge in [0, 0.05) is 67.9 Å². The molecule has 4 aromatic rings. The van der Waals surface area contributed by atoms with Gasteiger partial charge in [-0.3, -0.25) is 19.2 Å². The molecule has 2 aromatic carbocycles. The van der Waals surface area contributed by atoms with Crippen molar-refractivity contribution in [3.63, 3.8) is 0 Å². The van der Waals surface area contributed by atoms with Crippen LogP contribution in [0.25, 0.3) is 20.9 Å². The lowest BCUT2D eigenvalue weighted by molar-refractivity contribution is -0.547. The van der Waals surface area contributed by atoms with Crippen molar-refractivity contribution in [3.05, 3.63) is 194 Å². The van der Waals surface area contributed by atoms with E-state index >= 15 is 0 Å². The second kappa shape index (κ2) is 33.3. The highest BCUT2D eigenvalue weighted by atomic mass is 16.5. The fourth-order valence-electron chi connectivity index (χ4n) is 7.94. The van der Waals surface area contributed by atoms with E-state index < -0.39 is 47.7 Å². The molecule has 4 heterocycles. The maximum Gasteiger partial charge on any atom is 0.329 e. The number of pyridine rings is 2. The Bertz CT molecular complexity index is 2670. The number of hydrogen-bond donors (Lipinski definition) is 5. The van der Waals surface area contributed by atoms with Crippen LogP contribution in [0.2, 0.25) is 0 Å². The zero-order chi connectivity index (χ0) is 56.0. The minimum atomic E-state index is -1.04. The number of nitrogens with zero attached hydrogens (tertiary/aromatic N) is 9. The number of carboxylic acids is 1. The number of azide groups is 2. The van der Waals surface area contributed by atoms with Gasteiger partial charge >= 0.3 is 5.97 Å². The van der Waals surface area contributed by atoms with Crippen LogP contribution in [0.1, 0.15) is 98.2 Å². The Labute approximate surface area is 447 Å². The minimum absolute atomic E-state index is 0.134. The van der Waals surface area contributed by atoms with E-state index in [1.54, 1.807) is 67.6 Å². The van der Waals surface area contributed by atoms with Crippen molar-refractivity contribution < 1.29 is 44.0 Å². The van der Waals surface area contributed by atoms with Gasteiger partial charge in [-0.15, -0.1) is 12.2 Å². The molecule has 7 rings (SSSR count). The minimum Gasteiger partial charge on any atom is -0.851 e. The first-order valence-corrected chi connectivity index (χ1v) is 25.0. The van der Waals surface area contributed by atoms with Crippen molar-refractivity contribution in [2.75, 3.05) is 57.4 Å². The highest BCUT2D eigenvalue weighted by molar-refractivity contribution is 5.97. The molecule has 6 bridgehead atoms. The van der Waals surface area contributed by atoms with Crippen molar-refractivity contribution >= 4 is 35.3 Å². The number of nitrogens with one attached hydrogen (secondary N) is 4. The normalized spacial score (nSPS) is 18.0. The first-order chi connectivity index (χ1) is 37.2. The molecule has 4 amide bonds. The number of anilines is 1. The van der Waals surface area contributed by atoms with Gasteiger partial charge in [0.15, 0.2) is 0 Å². The number of allylic oxidation sites excluding steroid dienone is 5.